The molecule has 0 atom stereocenters. The molecule has 0 rings (SSSR count). The highest BCUT2D eigenvalue weighted by atomic mass is 28.4. The van der Waals surface area contributed by atoms with E-state index >= 15 is 0 Å². The SMILES string of the molecule is C=C(C)C(=O)OCCOCCNC(=O)OCCCCC[Si](OCC)(OCC)OCC. The van der Waals surface area contributed by atoms with Gasteiger partial charge in [-0.05, 0) is 40.5 Å². The van der Waals surface area contributed by atoms with E-state index in [0.29, 0.717) is 45.2 Å². The molecule has 9 nitrogen and oxygen atoms in total. The molecule has 10 heteroatoms. The van der Waals surface area contributed by atoms with Crippen molar-refractivity contribution in [3.8, 4) is 0 Å². The van der Waals surface area contributed by atoms with Crippen LogP contribution in [0.3, 0.4) is 0 Å². The van der Waals surface area contributed by atoms with Gasteiger partial charge in [-0.3, -0.25) is 0 Å². The Morgan fingerprint density at radius 1 is 0.833 bits per heavy atom. The standard InChI is InChI=1S/C20H39NO8Si/c1-6-27-30(28-7-2,29-8-3)17-11-9-10-13-26-20(23)21-12-14-24-15-16-25-19(22)18(4)5/h4,6-17H2,1-3,5H3,(H,21,23). The van der Waals surface area contributed by atoms with Crippen molar-refractivity contribution in [2.24, 2.45) is 0 Å². The minimum absolute atomic E-state index is 0.149. The van der Waals surface area contributed by atoms with Gasteiger partial charge in [0, 0.05) is 38.0 Å². The van der Waals surface area contributed by atoms with E-state index in [1.165, 1.54) is 0 Å². The van der Waals surface area contributed by atoms with E-state index in [2.05, 4.69) is 11.9 Å². The molecule has 0 radical (unpaired) electrons. The molecule has 0 aromatic carbocycles. The third kappa shape index (κ3) is 14.5. The molecule has 1 amide bonds. The number of alkyl carbamates (subject to hydrolysis) is 1. The topological polar surface area (TPSA) is 102 Å². The summed E-state index contributed by atoms with van der Waals surface area (Å²) < 4.78 is 32.7. The second kappa shape index (κ2) is 18.3. The molecule has 0 aliphatic rings. The van der Waals surface area contributed by atoms with E-state index < -0.39 is 20.9 Å². The number of esters is 1. The fraction of sp³-hybridized carbons (Fsp3) is 0.800. The van der Waals surface area contributed by atoms with Gasteiger partial charge in [-0.15, -0.1) is 0 Å². The van der Waals surface area contributed by atoms with Gasteiger partial charge in [0.15, 0.2) is 0 Å². The van der Waals surface area contributed by atoms with Crippen molar-refractivity contribution in [3.05, 3.63) is 12.2 Å². The number of carbonyl (C=O) groups is 2. The number of unbranched alkanes of at least 4 members (excludes halogenated alkanes) is 2. The molecule has 0 aromatic rings. The Morgan fingerprint density at radius 3 is 2.03 bits per heavy atom. The van der Waals surface area contributed by atoms with E-state index in [-0.39, 0.29) is 13.2 Å². The first-order valence-corrected chi connectivity index (χ1v) is 12.6. The van der Waals surface area contributed by atoms with Crippen LogP contribution in [0.5, 0.6) is 0 Å². The summed E-state index contributed by atoms with van der Waals surface area (Å²) in [5.41, 5.74) is 0.346. The number of carbonyl (C=O) groups excluding carboxylic acids is 2. The predicted octanol–water partition coefficient (Wildman–Crippen LogP) is 3.07. The number of hydrogen-bond acceptors (Lipinski definition) is 8. The Balaban J connectivity index is 3.72. The summed E-state index contributed by atoms with van der Waals surface area (Å²) in [6, 6.07) is 0.758. The lowest BCUT2D eigenvalue weighted by Gasteiger charge is -2.28. The molecule has 30 heavy (non-hydrogen) atoms. The summed E-state index contributed by atoms with van der Waals surface area (Å²) in [7, 11) is -2.59. The van der Waals surface area contributed by atoms with Gasteiger partial charge in [-0.1, -0.05) is 13.0 Å². The van der Waals surface area contributed by atoms with Gasteiger partial charge in [0.05, 0.1) is 19.8 Å². The zero-order valence-corrected chi connectivity index (χ0v) is 20.0. The first kappa shape index (κ1) is 28.5. The third-order valence-corrected chi connectivity index (χ3v) is 6.93. The summed E-state index contributed by atoms with van der Waals surface area (Å²) in [6.45, 7) is 14.0. The van der Waals surface area contributed by atoms with Gasteiger partial charge in [-0.25, -0.2) is 9.59 Å². The lowest BCUT2D eigenvalue weighted by Crippen LogP contribution is -2.45. The van der Waals surface area contributed by atoms with E-state index in [1.54, 1.807) is 6.92 Å². The quantitative estimate of drug-likeness (QED) is 0.139. The molecule has 176 valence electrons. The summed E-state index contributed by atoms with van der Waals surface area (Å²) in [6.07, 6.45) is 2.06. The lowest BCUT2D eigenvalue weighted by molar-refractivity contribution is -0.140. The first-order valence-electron chi connectivity index (χ1n) is 10.6. The molecule has 0 unspecified atom stereocenters. The smallest absolute Gasteiger partial charge is 0.460 e. The minimum atomic E-state index is -2.59. The lowest BCUT2D eigenvalue weighted by atomic mass is 10.3. The highest BCUT2D eigenvalue weighted by Gasteiger charge is 2.39. The van der Waals surface area contributed by atoms with E-state index in [9.17, 15) is 9.59 Å². The maximum Gasteiger partial charge on any atom is 0.500 e. The third-order valence-electron chi connectivity index (χ3n) is 3.78. The minimum Gasteiger partial charge on any atom is -0.460 e. The van der Waals surface area contributed by atoms with Crippen molar-refractivity contribution in [1.82, 2.24) is 5.32 Å². The Kier molecular flexibility index (Phi) is 17.4. The molecule has 0 heterocycles. The molecular weight excluding hydrogens is 410 g/mol. The zero-order valence-electron chi connectivity index (χ0n) is 19.0. The Bertz CT molecular complexity index is 472. The van der Waals surface area contributed by atoms with Crippen LogP contribution >= 0.6 is 0 Å². The highest BCUT2D eigenvalue weighted by Crippen LogP contribution is 2.19. The molecule has 0 aromatic heterocycles. The second-order valence-corrected chi connectivity index (χ2v) is 9.12. The first-order chi connectivity index (χ1) is 14.4. The number of nitrogens with one attached hydrogen (secondary N) is 1. The number of hydrogen-bond donors (Lipinski definition) is 1. The Morgan fingerprint density at radius 2 is 1.47 bits per heavy atom. The largest absolute Gasteiger partial charge is 0.500 e. The molecule has 1 N–H and O–H groups in total. The van der Waals surface area contributed by atoms with Gasteiger partial charge >= 0.3 is 20.9 Å². The average molecular weight is 450 g/mol. The molecule has 0 bridgehead atoms. The summed E-state index contributed by atoms with van der Waals surface area (Å²) in [5, 5.41) is 2.60. The second-order valence-electron chi connectivity index (χ2n) is 6.38. The van der Waals surface area contributed by atoms with Gasteiger partial charge in [0.1, 0.15) is 6.61 Å². The van der Waals surface area contributed by atoms with Gasteiger partial charge in [0.25, 0.3) is 0 Å². The van der Waals surface area contributed by atoms with Crippen molar-refractivity contribution in [1.29, 1.82) is 0 Å². The van der Waals surface area contributed by atoms with E-state index in [0.717, 1.165) is 25.3 Å². The molecule has 0 spiro atoms. The fourth-order valence-electron chi connectivity index (χ4n) is 2.48. The molecule has 0 aliphatic carbocycles. The predicted molar refractivity (Wildman–Crippen MR) is 115 cm³/mol. The Hall–Kier alpha value is -1.46. The molecule has 0 fully saturated rings. The number of amides is 1. The highest BCUT2D eigenvalue weighted by molar-refractivity contribution is 6.60. The molecule has 0 saturated carbocycles. The summed E-state index contributed by atoms with van der Waals surface area (Å²) >= 11 is 0. The van der Waals surface area contributed by atoms with Crippen LogP contribution in [-0.4, -0.2) is 73.7 Å². The maximum absolute atomic E-state index is 11.6. The van der Waals surface area contributed by atoms with Gasteiger partial charge in [-0.2, -0.15) is 0 Å². The van der Waals surface area contributed by atoms with Crippen LogP contribution < -0.4 is 5.32 Å². The van der Waals surface area contributed by atoms with Crippen LogP contribution in [0, 0.1) is 0 Å². The summed E-state index contributed by atoms with van der Waals surface area (Å²) in [5.74, 6) is -0.443. The zero-order chi connectivity index (χ0) is 22.7. The fourth-order valence-corrected chi connectivity index (χ4v) is 5.17. The van der Waals surface area contributed by atoms with Crippen molar-refractivity contribution in [2.75, 3.05) is 52.8 Å². The Labute approximate surface area is 181 Å². The molecule has 0 aliphatic heterocycles. The van der Waals surface area contributed by atoms with Crippen LogP contribution in [0.1, 0.15) is 47.0 Å². The summed E-state index contributed by atoms with van der Waals surface area (Å²) in [4.78, 5) is 22.8. The van der Waals surface area contributed by atoms with Crippen LogP contribution in [-0.2, 0) is 32.3 Å². The monoisotopic (exact) mass is 449 g/mol. The van der Waals surface area contributed by atoms with Crippen LogP contribution in [0.2, 0.25) is 6.04 Å². The normalized spacial score (nSPS) is 11.2. The van der Waals surface area contributed by atoms with Crippen molar-refractivity contribution < 1.29 is 37.1 Å². The van der Waals surface area contributed by atoms with Crippen molar-refractivity contribution in [3.63, 3.8) is 0 Å². The number of rotatable bonds is 19. The van der Waals surface area contributed by atoms with E-state index in [4.69, 9.17) is 27.5 Å². The van der Waals surface area contributed by atoms with Crippen LogP contribution in [0.4, 0.5) is 4.79 Å². The maximum atomic E-state index is 11.6. The molecule has 0 saturated heterocycles. The van der Waals surface area contributed by atoms with Crippen LogP contribution in [0.15, 0.2) is 12.2 Å². The van der Waals surface area contributed by atoms with Crippen molar-refractivity contribution in [2.45, 2.75) is 53.0 Å². The van der Waals surface area contributed by atoms with Gasteiger partial charge < -0.3 is 32.8 Å². The molecular formula is C20H39NO8Si. The number of ether oxygens (including phenoxy) is 3. The van der Waals surface area contributed by atoms with Gasteiger partial charge in [0.2, 0.25) is 0 Å². The average Bonchev–Trinajstić information content (AvgIpc) is 2.70. The van der Waals surface area contributed by atoms with Crippen molar-refractivity contribution >= 4 is 20.9 Å². The van der Waals surface area contributed by atoms with E-state index in [1.807, 2.05) is 20.8 Å². The van der Waals surface area contributed by atoms with Crippen LogP contribution in [0.25, 0.3) is 0 Å².